The smallest absolute Gasteiger partial charge is 1.00 e. The van der Waals surface area contributed by atoms with E-state index in [1.54, 1.807) is 0 Å². The van der Waals surface area contributed by atoms with Crippen LogP contribution < -0.4 is 106 Å². The molecule has 0 heterocycles. The van der Waals surface area contributed by atoms with Gasteiger partial charge in [0.2, 0.25) is 0 Å². The van der Waals surface area contributed by atoms with E-state index in [1.165, 1.54) is 0 Å². The third kappa shape index (κ3) is 38.3. The first-order valence-corrected chi connectivity index (χ1v) is 2.82. The van der Waals surface area contributed by atoms with Gasteiger partial charge in [0.05, 0.1) is 0 Å². The largest absolute Gasteiger partial charge is 1.00 e. The minimum absolute atomic E-state index is 0. The van der Waals surface area contributed by atoms with Crippen molar-refractivity contribution in [2.45, 2.75) is 0 Å². The molecule has 7 heavy (non-hydrogen) atoms. The Morgan fingerprint density at radius 3 is 1.00 bits per heavy atom. The summed E-state index contributed by atoms with van der Waals surface area (Å²) in [7, 11) is 9.34. The van der Waals surface area contributed by atoms with Crippen LogP contribution in [-0.4, -0.2) is 0 Å². The van der Waals surface area contributed by atoms with E-state index in [0.717, 1.165) is 13.1 Å². The van der Waals surface area contributed by atoms with Crippen molar-refractivity contribution in [2.75, 3.05) is 0 Å². The van der Waals surface area contributed by atoms with Crippen LogP contribution in [0.1, 0.15) is 0 Å². The minimum atomic E-state index is 0. The molecule has 0 unspecified atom stereocenters. The zero-order valence-corrected chi connectivity index (χ0v) is 12.9. The molecule has 0 aliphatic heterocycles. The Balaban J connectivity index is -0.00000000333. The maximum atomic E-state index is 4.67. The molecular formula is Cl4CuKNa. The van der Waals surface area contributed by atoms with Crippen molar-refractivity contribution >= 4 is 20.2 Å². The molecule has 0 fully saturated rings. The molecule has 0 atom stereocenters. The topological polar surface area (TPSA) is 0 Å². The summed E-state index contributed by atoms with van der Waals surface area (Å²) < 4.78 is 0. The van der Waals surface area contributed by atoms with Crippen LogP contribution in [0.15, 0.2) is 0 Å². The van der Waals surface area contributed by atoms with E-state index in [2.05, 4.69) is 20.2 Å². The number of halogens is 4. The van der Waals surface area contributed by atoms with E-state index in [9.17, 15) is 0 Å². The zero-order valence-electron chi connectivity index (χ0n) is 3.81. The van der Waals surface area contributed by atoms with Crippen molar-refractivity contribution in [2.24, 2.45) is 0 Å². The molecule has 0 nitrogen and oxygen atoms in total. The van der Waals surface area contributed by atoms with Crippen molar-refractivity contribution in [3.05, 3.63) is 0 Å². The second-order valence-electron chi connectivity index (χ2n) is 0.0431. The van der Waals surface area contributed by atoms with Gasteiger partial charge in [0.1, 0.15) is 0 Å². The summed E-state index contributed by atoms with van der Waals surface area (Å²) in [5, 5.41) is 0. The molecule has 0 bridgehead atoms. The van der Waals surface area contributed by atoms with Crippen LogP contribution in [0.5, 0.6) is 0 Å². The third-order valence-corrected chi connectivity index (χ3v) is 0. The van der Waals surface area contributed by atoms with Crippen molar-refractivity contribution in [3.8, 4) is 0 Å². The van der Waals surface area contributed by atoms with Crippen LogP contribution in [0.2, 0.25) is 0 Å². The monoisotopic (exact) mass is 265 g/mol. The van der Waals surface area contributed by atoms with E-state index in [0.29, 0.717) is 0 Å². The predicted octanol–water partition coefficient (Wildman–Crippen LogP) is -10.6. The van der Waals surface area contributed by atoms with E-state index in [-0.39, 0.29) is 106 Å². The van der Waals surface area contributed by atoms with Gasteiger partial charge in [-0.3, -0.25) is 0 Å². The summed E-state index contributed by atoms with van der Waals surface area (Å²) in [6, 6.07) is 0. The van der Waals surface area contributed by atoms with E-state index in [1.807, 2.05) is 0 Å². The molecule has 41 valence electrons. The predicted molar refractivity (Wildman–Crippen MR) is 11.7 cm³/mol. The molecule has 0 aliphatic rings. The Labute approximate surface area is 135 Å². The van der Waals surface area contributed by atoms with E-state index in [4.69, 9.17) is 0 Å². The van der Waals surface area contributed by atoms with Gasteiger partial charge in [0, 0.05) is 0 Å². The average molecular weight is 267 g/mol. The number of rotatable bonds is 0. The fourth-order valence-corrected chi connectivity index (χ4v) is 0. The van der Waals surface area contributed by atoms with Crippen LogP contribution >= 0.6 is 20.2 Å². The standard InChI is InChI=1S/4ClH.Cu.K.Na/h4*1H;;;/q;;;;+2;2*+1/p-4. The van der Waals surface area contributed by atoms with Crippen LogP contribution in [0, 0.1) is 0 Å². The summed E-state index contributed by atoms with van der Waals surface area (Å²) >= 11 is 0.757. The summed E-state index contributed by atoms with van der Waals surface area (Å²) in [4.78, 5) is 0. The molecule has 0 aromatic heterocycles. The van der Waals surface area contributed by atoms with Gasteiger partial charge in [0.25, 0.3) is 0 Å². The summed E-state index contributed by atoms with van der Waals surface area (Å²) in [5.41, 5.74) is 0. The van der Waals surface area contributed by atoms with Crippen LogP contribution in [0.4, 0.5) is 0 Å². The molecule has 0 aromatic rings. The summed E-state index contributed by atoms with van der Waals surface area (Å²) in [6.07, 6.45) is 0. The van der Waals surface area contributed by atoms with E-state index < -0.39 is 0 Å². The molecule has 0 N–H and O–H groups in total. The molecule has 0 aromatic carbocycles. The van der Waals surface area contributed by atoms with Crippen molar-refractivity contribution in [1.82, 2.24) is 0 Å². The first-order valence-electron chi connectivity index (χ1n) is 0.228. The molecule has 0 radical (unpaired) electrons. The van der Waals surface area contributed by atoms with Gasteiger partial charge in [-0.05, 0) is 0 Å². The summed E-state index contributed by atoms with van der Waals surface area (Å²) in [6.45, 7) is 0. The van der Waals surface area contributed by atoms with E-state index >= 15 is 0 Å². The van der Waals surface area contributed by atoms with Gasteiger partial charge < -0.3 is 24.8 Å². The quantitative estimate of drug-likeness (QED) is 0.383. The molecule has 0 spiro atoms. The molecule has 0 saturated heterocycles. The third-order valence-electron chi connectivity index (χ3n) is 0. The Morgan fingerprint density at radius 2 is 1.00 bits per heavy atom. The van der Waals surface area contributed by atoms with Crippen molar-refractivity contribution in [1.29, 1.82) is 0 Å². The SMILES string of the molecule is [Cl-].[Cl-].[Cl][Cu][Cl].[K+].[Na+]. The first-order chi connectivity index (χ1) is 1.41. The average Bonchev–Trinajstić information content (AvgIpc) is 0.918. The fourth-order valence-electron chi connectivity index (χ4n) is 0. The van der Waals surface area contributed by atoms with Crippen LogP contribution in [0.3, 0.4) is 0 Å². The maximum Gasteiger partial charge on any atom is 1.00 e. The van der Waals surface area contributed by atoms with Gasteiger partial charge in [0.15, 0.2) is 0 Å². The second kappa shape index (κ2) is 31.7. The first kappa shape index (κ1) is 30.2. The Morgan fingerprint density at radius 1 is 1.00 bits per heavy atom. The Bertz CT molecular complexity index is 11.7. The fraction of sp³-hybridized carbons (Fsp3) is 0. The summed E-state index contributed by atoms with van der Waals surface area (Å²) in [5.74, 6) is 0. The van der Waals surface area contributed by atoms with Gasteiger partial charge in [-0.15, -0.1) is 0 Å². The second-order valence-corrected chi connectivity index (χ2v) is 1.60. The van der Waals surface area contributed by atoms with Crippen molar-refractivity contribution in [3.63, 3.8) is 0 Å². The molecule has 0 saturated carbocycles. The molecular weight excluding hydrogens is 267 g/mol. The molecule has 0 amide bonds. The number of hydrogen-bond acceptors (Lipinski definition) is 0. The number of hydrogen-bond donors (Lipinski definition) is 0. The zero-order chi connectivity index (χ0) is 2.71. The normalized spacial score (nSPS) is 3.14. The maximum absolute atomic E-state index is 4.67. The Kier molecular flexibility index (Phi) is 137. The molecule has 7 heteroatoms. The van der Waals surface area contributed by atoms with Crippen LogP contribution in [-0.2, 0) is 13.1 Å². The van der Waals surface area contributed by atoms with Gasteiger partial charge in [-0.25, -0.2) is 0 Å². The van der Waals surface area contributed by atoms with Gasteiger partial charge in [-0.2, -0.15) is 0 Å². The van der Waals surface area contributed by atoms with Crippen LogP contribution in [0.25, 0.3) is 0 Å². The van der Waals surface area contributed by atoms with Crippen molar-refractivity contribution < 1.29 is 119 Å². The van der Waals surface area contributed by atoms with Gasteiger partial charge in [-0.1, -0.05) is 0 Å². The molecule has 0 rings (SSSR count). The van der Waals surface area contributed by atoms with Gasteiger partial charge >= 0.3 is 114 Å². The minimum Gasteiger partial charge on any atom is 1.00 e. The molecule has 0 aliphatic carbocycles. The Hall–Kier alpha value is 4.32.